The van der Waals surface area contributed by atoms with E-state index < -0.39 is 22.3 Å². The van der Waals surface area contributed by atoms with Crippen LogP contribution >= 0.6 is 23.1 Å². The lowest BCUT2D eigenvalue weighted by Crippen LogP contribution is -2.12. The number of fused-ring (bicyclic) bond motifs is 1. The Morgan fingerprint density at radius 1 is 1.41 bits per heavy atom. The molecule has 0 saturated heterocycles. The van der Waals surface area contributed by atoms with E-state index >= 15 is 0 Å². The molecule has 114 valence electrons. The van der Waals surface area contributed by atoms with Crippen LogP contribution < -0.4 is 5.32 Å². The third-order valence-corrected chi connectivity index (χ3v) is 5.25. The normalized spacial score (nSPS) is 13.5. The Hall–Kier alpha value is -2.00. The molecule has 1 aliphatic heterocycles. The summed E-state index contributed by atoms with van der Waals surface area (Å²) in [6.45, 7) is 0. The molecule has 1 amide bonds. The zero-order valence-electron chi connectivity index (χ0n) is 11.2. The third kappa shape index (κ3) is 3.09. The van der Waals surface area contributed by atoms with Gasteiger partial charge in [0.25, 0.3) is 11.6 Å². The Morgan fingerprint density at radius 2 is 2.23 bits per heavy atom. The van der Waals surface area contributed by atoms with Gasteiger partial charge in [-0.25, -0.2) is 9.37 Å². The fraction of sp³-hybridized carbons (Fsp3) is 0.231. The van der Waals surface area contributed by atoms with E-state index in [9.17, 15) is 19.3 Å². The number of hydrogen-bond acceptors (Lipinski definition) is 6. The van der Waals surface area contributed by atoms with E-state index in [1.54, 1.807) is 11.8 Å². The van der Waals surface area contributed by atoms with Crippen molar-refractivity contribution in [3.05, 3.63) is 50.3 Å². The molecule has 1 N–H and O–H groups in total. The van der Waals surface area contributed by atoms with Gasteiger partial charge in [-0.05, 0) is 18.2 Å². The molecule has 9 heteroatoms. The summed E-state index contributed by atoms with van der Waals surface area (Å²) >= 11 is 3.19. The number of anilines is 1. The van der Waals surface area contributed by atoms with Crippen LogP contribution in [0.25, 0.3) is 0 Å². The van der Waals surface area contributed by atoms with Crippen molar-refractivity contribution in [3.63, 3.8) is 0 Å². The molecule has 0 spiro atoms. The molecule has 1 aromatic carbocycles. The van der Waals surface area contributed by atoms with Gasteiger partial charge >= 0.3 is 0 Å². The molecule has 0 radical (unpaired) electrons. The van der Waals surface area contributed by atoms with Gasteiger partial charge in [0.15, 0.2) is 5.13 Å². The van der Waals surface area contributed by atoms with E-state index in [2.05, 4.69) is 10.3 Å². The maximum Gasteiger partial charge on any atom is 0.273 e. The van der Waals surface area contributed by atoms with Crippen molar-refractivity contribution in [3.8, 4) is 0 Å². The van der Waals surface area contributed by atoms with Crippen molar-refractivity contribution < 1.29 is 14.1 Å². The summed E-state index contributed by atoms with van der Waals surface area (Å²) in [6, 6.07) is 2.78. The fourth-order valence-electron chi connectivity index (χ4n) is 2.06. The number of nitrogens with zero attached hydrogens (tertiary/aromatic N) is 2. The Balaban J connectivity index is 1.82. The van der Waals surface area contributed by atoms with Crippen LogP contribution in [0.3, 0.4) is 0 Å². The summed E-state index contributed by atoms with van der Waals surface area (Å²) in [5.74, 6) is 0.435. The van der Waals surface area contributed by atoms with Crippen molar-refractivity contribution in [1.82, 2.24) is 4.98 Å². The van der Waals surface area contributed by atoms with Gasteiger partial charge in [-0.15, -0.1) is 11.3 Å². The highest BCUT2D eigenvalue weighted by molar-refractivity contribution is 7.98. The van der Waals surface area contributed by atoms with Crippen molar-refractivity contribution in [2.45, 2.75) is 12.2 Å². The molecule has 0 fully saturated rings. The average molecular weight is 339 g/mol. The second kappa shape index (κ2) is 6.01. The molecule has 2 heterocycles. The first-order valence-corrected chi connectivity index (χ1v) is 8.33. The van der Waals surface area contributed by atoms with Crippen LogP contribution in [0.4, 0.5) is 15.2 Å². The van der Waals surface area contributed by atoms with Gasteiger partial charge in [-0.3, -0.25) is 20.2 Å². The summed E-state index contributed by atoms with van der Waals surface area (Å²) < 4.78 is 13.4. The number of thioether (sulfide) groups is 1. The predicted octanol–water partition coefficient (Wildman–Crippen LogP) is 3.23. The number of hydrogen-bond donors (Lipinski definition) is 1. The van der Waals surface area contributed by atoms with Gasteiger partial charge in [-0.1, -0.05) is 0 Å². The van der Waals surface area contributed by atoms with Crippen LogP contribution in [0, 0.1) is 15.9 Å². The Labute approximate surface area is 132 Å². The first kappa shape index (κ1) is 14.9. The van der Waals surface area contributed by atoms with E-state index in [0.29, 0.717) is 5.13 Å². The number of non-ortho nitro benzene ring substituents is 1. The molecule has 22 heavy (non-hydrogen) atoms. The maximum absolute atomic E-state index is 13.4. The monoisotopic (exact) mass is 339 g/mol. The smallest absolute Gasteiger partial charge is 0.273 e. The van der Waals surface area contributed by atoms with Gasteiger partial charge in [0.2, 0.25) is 0 Å². The van der Waals surface area contributed by atoms with E-state index in [1.165, 1.54) is 11.3 Å². The van der Waals surface area contributed by atoms with Crippen LogP contribution in [0.2, 0.25) is 0 Å². The van der Waals surface area contributed by atoms with Gasteiger partial charge in [0.05, 0.1) is 16.7 Å². The Morgan fingerprint density at radius 3 is 2.95 bits per heavy atom. The number of halogens is 1. The quantitative estimate of drug-likeness (QED) is 0.685. The van der Waals surface area contributed by atoms with E-state index in [0.717, 1.165) is 46.7 Å². The van der Waals surface area contributed by atoms with Crippen LogP contribution in [0.1, 0.15) is 20.9 Å². The number of nitro groups is 1. The van der Waals surface area contributed by atoms with Gasteiger partial charge in [0, 0.05) is 22.3 Å². The molecule has 0 bridgehead atoms. The van der Waals surface area contributed by atoms with Crippen molar-refractivity contribution >= 4 is 39.8 Å². The first-order valence-electron chi connectivity index (χ1n) is 6.35. The summed E-state index contributed by atoms with van der Waals surface area (Å²) in [5, 5.41) is 13.7. The van der Waals surface area contributed by atoms with Crippen LogP contribution in [-0.4, -0.2) is 21.6 Å². The lowest BCUT2D eigenvalue weighted by Gasteiger charge is -2.06. The van der Waals surface area contributed by atoms with Crippen molar-refractivity contribution in [2.75, 3.05) is 11.1 Å². The Kier molecular flexibility index (Phi) is 4.08. The molecule has 0 saturated carbocycles. The number of nitrogens with one attached hydrogen (secondary N) is 1. The zero-order valence-corrected chi connectivity index (χ0v) is 12.8. The summed E-state index contributed by atoms with van der Waals surface area (Å²) in [4.78, 5) is 27.6. The van der Waals surface area contributed by atoms with Gasteiger partial charge < -0.3 is 0 Å². The van der Waals surface area contributed by atoms with E-state index in [1.807, 2.05) is 0 Å². The van der Waals surface area contributed by atoms with Crippen molar-refractivity contribution in [1.29, 1.82) is 0 Å². The summed E-state index contributed by atoms with van der Waals surface area (Å²) in [7, 11) is 0. The minimum Gasteiger partial charge on any atom is -0.298 e. The standard InChI is InChI=1S/C13H10FN3O3S2/c14-8-3-7(4-9(5-8)17(19)20)12(18)16-13-15-10-1-2-21-6-11(10)22-13/h3-5H,1-2,6H2,(H,15,16,18). The molecule has 6 nitrogen and oxygen atoms in total. The van der Waals surface area contributed by atoms with E-state index in [4.69, 9.17) is 0 Å². The van der Waals surface area contributed by atoms with Crippen LogP contribution in [-0.2, 0) is 12.2 Å². The number of carbonyl (C=O) groups excluding carboxylic acids is 1. The molecular formula is C13H10FN3O3S2. The minimum atomic E-state index is -0.825. The molecule has 0 aliphatic carbocycles. The van der Waals surface area contributed by atoms with E-state index in [-0.39, 0.29) is 5.56 Å². The molecule has 0 unspecified atom stereocenters. The minimum absolute atomic E-state index is 0.103. The van der Waals surface area contributed by atoms with Crippen LogP contribution in [0.15, 0.2) is 18.2 Å². The average Bonchev–Trinajstić information content (AvgIpc) is 2.88. The highest BCUT2D eigenvalue weighted by atomic mass is 32.2. The number of aromatic nitrogens is 1. The van der Waals surface area contributed by atoms with Crippen molar-refractivity contribution in [2.24, 2.45) is 0 Å². The fourth-order valence-corrected chi connectivity index (χ4v) is 4.18. The molecular weight excluding hydrogens is 329 g/mol. The summed E-state index contributed by atoms with van der Waals surface area (Å²) in [5.41, 5.74) is 0.415. The number of thiazole rings is 1. The highest BCUT2D eigenvalue weighted by Crippen LogP contribution is 2.32. The molecule has 0 atom stereocenters. The van der Waals surface area contributed by atoms with Gasteiger partial charge in [0.1, 0.15) is 5.82 Å². The molecule has 1 aliphatic rings. The van der Waals surface area contributed by atoms with Crippen LogP contribution in [0.5, 0.6) is 0 Å². The topological polar surface area (TPSA) is 85.1 Å². The largest absolute Gasteiger partial charge is 0.298 e. The SMILES string of the molecule is O=C(Nc1nc2c(s1)CSCC2)c1cc(F)cc([N+](=O)[O-])c1. The second-order valence-electron chi connectivity index (χ2n) is 4.60. The number of rotatable bonds is 3. The highest BCUT2D eigenvalue weighted by Gasteiger charge is 2.19. The Bertz CT molecular complexity index is 739. The lowest BCUT2D eigenvalue weighted by molar-refractivity contribution is -0.385. The first-order chi connectivity index (χ1) is 10.5. The number of amides is 1. The second-order valence-corrected chi connectivity index (χ2v) is 6.79. The number of benzene rings is 1. The van der Waals surface area contributed by atoms with Gasteiger partial charge in [-0.2, -0.15) is 11.8 Å². The lowest BCUT2D eigenvalue weighted by atomic mass is 10.2. The molecule has 2 aromatic rings. The number of nitro benzene ring substituents is 1. The third-order valence-electron chi connectivity index (χ3n) is 3.07. The zero-order chi connectivity index (χ0) is 15.7. The molecule has 3 rings (SSSR count). The number of carbonyl (C=O) groups is 1. The maximum atomic E-state index is 13.4. The predicted molar refractivity (Wildman–Crippen MR) is 83.0 cm³/mol. The summed E-state index contributed by atoms with van der Waals surface area (Å²) in [6.07, 6.45) is 0.859. The molecule has 1 aromatic heterocycles. The number of aryl methyl sites for hydroxylation is 1.